The van der Waals surface area contributed by atoms with Crippen LogP contribution < -0.4 is 10.1 Å². The Hall–Kier alpha value is -2.21. The second kappa shape index (κ2) is 8.45. The minimum Gasteiger partial charge on any atom is -0.481 e. The smallest absolute Gasteiger partial charge is 0.417 e. The maximum Gasteiger partial charge on any atom is 0.417 e. The summed E-state index contributed by atoms with van der Waals surface area (Å²) < 4.78 is 44.4. The van der Waals surface area contributed by atoms with E-state index < -0.39 is 28.8 Å². The summed E-state index contributed by atoms with van der Waals surface area (Å²) in [6.07, 6.45) is -4.18. The fraction of sp³-hybridized carbons (Fsp3) is 0.316. The fourth-order valence-corrected chi connectivity index (χ4v) is 2.56. The van der Waals surface area contributed by atoms with Crippen LogP contribution in [-0.4, -0.2) is 12.0 Å². The van der Waals surface area contributed by atoms with Crippen molar-refractivity contribution in [3.05, 3.63) is 58.6 Å². The first-order chi connectivity index (χ1) is 12.2. The van der Waals surface area contributed by atoms with Crippen LogP contribution in [-0.2, 0) is 17.4 Å². The molecule has 0 saturated carbocycles. The van der Waals surface area contributed by atoms with Gasteiger partial charge in [-0.2, -0.15) is 13.2 Å². The van der Waals surface area contributed by atoms with Crippen LogP contribution in [0.4, 0.5) is 18.9 Å². The lowest BCUT2D eigenvalue weighted by molar-refractivity contribution is -0.137. The Morgan fingerprint density at radius 2 is 1.81 bits per heavy atom. The molecule has 1 atom stereocenters. The summed E-state index contributed by atoms with van der Waals surface area (Å²) in [5.74, 6) is -0.00111. The Balaban J connectivity index is 2.11. The van der Waals surface area contributed by atoms with Gasteiger partial charge in [0.2, 0.25) is 0 Å². The van der Waals surface area contributed by atoms with Gasteiger partial charge >= 0.3 is 6.18 Å². The number of hydrogen-bond acceptors (Lipinski definition) is 2. The van der Waals surface area contributed by atoms with Crippen molar-refractivity contribution in [2.75, 3.05) is 5.32 Å². The van der Waals surface area contributed by atoms with E-state index in [9.17, 15) is 18.0 Å². The number of benzene rings is 2. The van der Waals surface area contributed by atoms with Gasteiger partial charge in [0.25, 0.3) is 5.91 Å². The average molecular weight is 386 g/mol. The number of rotatable bonds is 6. The molecule has 0 spiro atoms. The van der Waals surface area contributed by atoms with Crippen LogP contribution in [0.15, 0.2) is 42.5 Å². The molecule has 0 unspecified atom stereocenters. The number of hydrogen-bond donors (Lipinski definition) is 1. The van der Waals surface area contributed by atoms with Gasteiger partial charge in [0.1, 0.15) is 5.75 Å². The molecule has 3 nitrogen and oxygen atoms in total. The zero-order valence-electron chi connectivity index (χ0n) is 14.4. The molecule has 1 N–H and O–H groups in total. The first-order valence-corrected chi connectivity index (χ1v) is 8.55. The lowest BCUT2D eigenvalue weighted by atomic mass is 10.1. The van der Waals surface area contributed by atoms with Gasteiger partial charge in [-0.15, -0.1) is 0 Å². The highest BCUT2D eigenvalue weighted by atomic mass is 35.5. The summed E-state index contributed by atoms with van der Waals surface area (Å²) in [5.41, 5.74) is 0.145. The topological polar surface area (TPSA) is 38.3 Å². The fourth-order valence-electron chi connectivity index (χ4n) is 2.33. The molecule has 140 valence electrons. The van der Waals surface area contributed by atoms with E-state index in [1.54, 1.807) is 19.1 Å². The number of aryl methyl sites for hydroxylation is 1. The van der Waals surface area contributed by atoms with Crippen LogP contribution in [0.1, 0.15) is 31.4 Å². The van der Waals surface area contributed by atoms with Crippen LogP contribution in [0, 0.1) is 0 Å². The third-order valence-electron chi connectivity index (χ3n) is 3.81. The van der Waals surface area contributed by atoms with E-state index >= 15 is 0 Å². The van der Waals surface area contributed by atoms with Crippen molar-refractivity contribution in [3.8, 4) is 5.75 Å². The molecule has 0 bridgehead atoms. The van der Waals surface area contributed by atoms with Gasteiger partial charge in [-0.05, 0) is 48.7 Å². The monoisotopic (exact) mass is 385 g/mol. The van der Waals surface area contributed by atoms with Crippen molar-refractivity contribution in [3.63, 3.8) is 0 Å². The lowest BCUT2D eigenvalue weighted by Crippen LogP contribution is -2.32. The zero-order chi connectivity index (χ0) is 19.3. The number of anilines is 1. The number of ether oxygens (including phenoxy) is 1. The van der Waals surface area contributed by atoms with Crippen molar-refractivity contribution >= 4 is 23.2 Å². The summed E-state index contributed by atoms with van der Waals surface area (Å²) >= 11 is 5.58. The molecule has 0 aliphatic rings. The Kier molecular flexibility index (Phi) is 6.53. The molecule has 2 rings (SSSR count). The minimum absolute atomic E-state index is 0.00936. The first kappa shape index (κ1) is 20.1. The van der Waals surface area contributed by atoms with Crippen LogP contribution in [0.25, 0.3) is 0 Å². The average Bonchev–Trinajstić information content (AvgIpc) is 2.60. The van der Waals surface area contributed by atoms with Gasteiger partial charge in [-0.1, -0.05) is 37.6 Å². The number of amides is 1. The van der Waals surface area contributed by atoms with E-state index in [1.807, 2.05) is 19.1 Å². The van der Waals surface area contributed by atoms with Crippen molar-refractivity contribution in [1.29, 1.82) is 0 Å². The molecule has 0 heterocycles. The molecule has 0 aliphatic heterocycles. The molecule has 0 aliphatic carbocycles. The SMILES string of the molecule is CCc1ccc(O[C@@H](CC)C(=O)Nc2ccc(Cl)c(C(F)(F)F)c2)cc1. The highest BCUT2D eigenvalue weighted by Crippen LogP contribution is 2.36. The molecular weight excluding hydrogens is 367 g/mol. The maximum absolute atomic E-state index is 12.9. The van der Waals surface area contributed by atoms with E-state index in [0.717, 1.165) is 24.1 Å². The van der Waals surface area contributed by atoms with E-state index in [-0.39, 0.29) is 5.69 Å². The largest absolute Gasteiger partial charge is 0.481 e. The molecule has 2 aromatic rings. The normalized spacial score (nSPS) is 12.5. The highest BCUT2D eigenvalue weighted by molar-refractivity contribution is 6.31. The van der Waals surface area contributed by atoms with Gasteiger partial charge in [0, 0.05) is 5.69 Å². The quantitative estimate of drug-likeness (QED) is 0.690. The second-order valence-electron chi connectivity index (χ2n) is 5.69. The van der Waals surface area contributed by atoms with Crippen molar-refractivity contribution in [2.24, 2.45) is 0 Å². The van der Waals surface area contributed by atoms with Crippen molar-refractivity contribution in [1.82, 2.24) is 0 Å². The Morgan fingerprint density at radius 1 is 1.15 bits per heavy atom. The van der Waals surface area contributed by atoms with Crippen LogP contribution >= 0.6 is 11.6 Å². The zero-order valence-corrected chi connectivity index (χ0v) is 15.1. The molecule has 2 aromatic carbocycles. The summed E-state index contributed by atoms with van der Waals surface area (Å²) in [4.78, 5) is 12.4. The predicted molar refractivity (Wildman–Crippen MR) is 95.6 cm³/mol. The second-order valence-corrected chi connectivity index (χ2v) is 6.10. The van der Waals surface area contributed by atoms with E-state index in [4.69, 9.17) is 16.3 Å². The molecular formula is C19H19ClF3NO2. The van der Waals surface area contributed by atoms with Gasteiger partial charge in [0.05, 0.1) is 10.6 Å². The molecule has 0 radical (unpaired) electrons. The van der Waals surface area contributed by atoms with E-state index in [2.05, 4.69) is 5.32 Å². The highest BCUT2D eigenvalue weighted by Gasteiger charge is 2.33. The number of halogens is 4. The molecule has 1 amide bonds. The number of carbonyl (C=O) groups excluding carboxylic acids is 1. The van der Waals surface area contributed by atoms with Gasteiger partial charge in [-0.25, -0.2) is 0 Å². The lowest BCUT2D eigenvalue weighted by Gasteiger charge is -2.18. The minimum atomic E-state index is -4.60. The van der Waals surface area contributed by atoms with Crippen molar-refractivity contribution in [2.45, 2.75) is 39.0 Å². The molecule has 0 fully saturated rings. The maximum atomic E-state index is 12.9. The van der Waals surface area contributed by atoms with Crippen LogP contribution in [0.5, 0.6) is 5.75 Å². The number of carbonyl (C=O) groups is 1. The standard InChI is InChI=1S/C19H19ClF3NO2/c1-3-12-5-8-14(9-6-12)26-17(4-2)18(25)24-13-7-10-16(20)15(11-13)19(21,22)23/h5-11,17H,3-4H2,1-2H3,(H,24,25)/t17-/m0/s1. The van der Waals surface area contributed by atoms with Gasteiger partial charge in [-0.3, -0.25) is 4.79 Å². The summed E-state index contributed by atoms with van der Waals surface area (Å²) in [6.45, 7) is 3.78. The number of alkyl halides is 3. The predicted octanol–water partition coefficient (Wildman–Crippen LogP) is 5.72. The summed E-state index contributed by atoms with van der Waals surface area (Å²) in [6, 6.07) is 10.5. The van der Waals surface area contributed by atoms with E-state index in [1.165, 1.54) is 6.07 Å². The number of nitrogens with one attached hydrogen (secondary N) is 1. The van der Waals surface area contributed by atoms with Gasteiger partial charge < -0.3 is 10.1 Å². The summed E-state index contributed by atoms with van der Waals surface area (Å²) in [7, 11) is 0. The molecule has 0 aromatic heterocycles. The van der Waals surface area contributed by atoms with Gasteiger partial charge in [0.15, 0.2) is 6.10 Å². The third-order valence-corrected chi connectivity index (χ3v) is 4.14. The van der Waals surface area contributed by atoms with Crippen LogP contribution in [0.3, 0.4) is 0 Å². The van der Waals surface area contributed by atoms with Crippen LogP contribution in [0.2, 0.25) is 5.02 Å². The molecule has 0 saturated heterocycles. The third kappa shape index (κ3) is 5.14. The Morgan fingerprint density at radius 3 is 2.35 bits per heavy atom. The molecule has 26 heavy (non-hydrogen) atoms. The Bertz CT molecular complexity index is 760. The van der Waals surface area contributed by atoms with Crippen molar-refractivity contribution < 1.29 is 22.7 Å². The van der Waals surface area contributed by atoms with E-state index in [0.29, 0.717) is 12.2 Å². The Labute approximate surface area is 155 Å². The molecule has 7 heteroatoms. The first-order valence-electron chi connectivity index (χ1n) is 8.17. The summed E-state index contributed by atoms with van der Waals surface area (Å²) in [5, 5.41) is 2.03.